The Balaban J connectivity index is 1.75. The maximum atomic E-state index is 4.92. The number of fused-ring (bicyclic) bond motifs is 2. The summed E-state index contributed by atoms with van der Waals surface area (Å²) in [5, 5.41) is 9.19. The number of hydrogen-bond donors (Lipinski definition) is 1. The lowest BCUT2D eigenvalue weighted by atomic mass is 9.71. The van der Waals surface area contributed by atoms with E-state index in [0.717, 1.165) is 34.3 Å². The van der Waals surface area contributed by atoms with Gasteiger partial charge in [-0.1, -0.05) is 20.8 Å². The van der Waals surface area contributed by atoms with Crippen molar-refractivity contribution in [2.45, 2.75) is 40.0 Å². The minimum atomic E-state index is 0.367. The molecule has 3 aromatic rings. The van der Waals surface area contributed by atoms with Crippen molar-refractivity contribution in [3.8, 4) is 10.7 Å². The zero-order valence-electron chi connectivity index (χ0n) is 13.2. The molecule has 3 aromatic heterocycles. The van der Waals surface area contributed by atoms with Crippen LogP contribution in [0.2, 0.25) is 0 Å². The summed E-state index contributed by atoms with van der Waals surface area (Å²) in [4.78, 5) is 10.2. The molecule has 0 aliphatic heterocycles. The summed E-state index contributed by atoms with van der Waals surface area (Å²) in [6.45, 7) is 7.05. The van der Waals surface area contributed by atoms with Crippen LogP contribution >= 0.6 is 11.3 Å². The third-order valence-electron chi connectivity index (χ3n) is 4.75. The molecule has 0 saturated heterocycles. The lowest BCUT2D eigenvalue weighted by Gasteiger charge is -2.34. The zero-order valence-corrected chi connectivity index (χ0v) is 14.0. The van der Waals surface area contributed by atoms with Crippen molar-refractivity contribution in [3.05, 3.63) is 29.7 Å². The quantitative estimate of drug-likeness (QED) is 0.731. The van der Waals surface area contributed by atoms with Gasteiger partial charge in [0, 0.05) is 11.1 Å². The molecule has 5 heteroatoms. The van der Waals surface area contributed by atoms with Crippen molar-refractivity contribution in [1.29, 1.82) is 0 Å². The van der Waals surface area contributed by atoms with Gasteiger partial charge in [0.15, 0.2) is 5.82 Å². The van der Waals surface area contributed by atoms with Crippen molar-refractivity contribution < 1.29 is 0 Å². The zero-order chi connectivity index (χ0) is 15.3. The van der Waals surface area contributed by atoms with Crippen LogP contribution in [0.5, 0.6) is 0 Å². The summed E-state index contributed by atoms with van der Waals surface area (Å²) in [5.41, 5.74) is 3.09. The van der Waals surface area contributed by atoms with E-state index in [9.17, 15) is 0 Å². The number of thiophene rings is 1. The normalized spacial score (nSPS) is 18.6. The Hall–Kier alpha value is -1.75. The van der Waals surface area contributed by atoms with Crippen molar-refractivity contribution in [1.82, 2.24) is 20.2 Å². The molecular weight excluding hydrogens is 292 g/mol. The van der Waals surface area contributed by atoms with Gasteiger partial charge in [-0.2, -0.15) is 0 Å². The Kier molecular flexibility index (Phi) is 3.08. The van der Waals surface area contributed by atoms with Gasteiger partial charge >= 0.3 is 0 Å². The first-order valence-corrected chi connectivity index (χ1v) is 8.61. The molecule has 1 aliphatic rings. The smallest absolute Gasteiger partial charge is 0.171 e. The minimum Gasteiger partial charge on any atom is -0.327 e. The van der Waals surface area contributed by atoms with Gasteiger partial charge in [0.25, 0.3) is 0 Å². The molecule has 1 unspecified atom stereocenters. The van der Waals surface area contributed by atoms with Crippen LogP contribution in [0, 0.1) is 11.3 Å². The first-order valence-electron chi connectivity index (χ1n) is 7.79. The molecule has 114 valence electrons. The lowest BCUT2D eigenvalue weighted by molar-refractivity contribution is 0.215. The molecule has 0 aromatic carbocycles. The average molecular weight is 312 g/mol. The van der Waals surface area contributed by atoms with E-state index in [0.29, 0.717) is 5.41 Å². The summed E-state index contributed by atoms with van der Waals surface area (Å²) < 4.78 is 0. The molecule has 1 aliphatic carbocycles. The number of aryl methyl sites for hydroxylation is 1. The van der Waals surface area contributed by atoms with Gasteiger partial charge in [-0.05, 0) is 48.3 Å². The van der Waals surface area contributed by atoms with Gasteiger partial charge in [-0.25, -0.2) is 4.98 Å². The first kappa shape index (κ1) is 13.9. The Labute approximate surface area is 134 Å². The summed E-state index contributed by atoms with van der Waals surface area (Å²) in [7, 11) is 0. The molecular formula is C17H20N4S. The topological polar surface area (TPSA) is 54.5 Å². The Bertz CT molecular complexity index is 811. The van der Waals surface area contributed by atoms with E-state index < -0.39 is 0 Å². The predicted molar refractivity (Wildman–Crippen MR) is 90.0 cm³/mol. The summed E-state index contributed by atoms with van der Waals surface area (Å²) in [5.74, 6) is 1.57. The van der Waals surface area contributed by atoms with Gasteiger partial charge in [-0.3, -0.25) is 0 Å². The van der Waals surface area contributed by atoms with Crippen LogP contribution < -0.4 is 0 Å². The SMILES string of the molecule is CC(C)(C)C1CCc2nc3sc(-c4nnc[nH]4)cc3cc2C1. The molecule has 0 saturated carbocycles. The highest BCUT2D eigenvalue weighted by Gasteiger charge is 2.29. The third-order valence-corrected chi connectivity index (χ3v) is 5.80. The largest absolute Gasteiger partial charge is 0.327 e. The molecule has 0 amide bonds. The number of pyridine rings is 1. The van der Waals surface area contributed by atoms with Crippen molar-refractivity contribution in [2.75, 3.05) is 0 Å². The Morgan fingerprint density at radius 3 is 2.86 bits per heavy atom. The molecule has 0 fully saturated rings. The highest BCUT2D eigenvalue weighted by molar-refractivity contribution is 7.21. The molecule has 0 bridgehead atoms. The van der Waals surface area contributed by atoms with E-state index in [1.165, 1.54) is 23.1 Å². The predicted octanol–water partition coefficient (Wildman–Crippen LogP) is 4.23. The Morgan fingerprint density at radius 2 is 2.14 bits per heavy atom. The number of nitrogens with zero attached hydrogens (tertiary/aromatic N) is 3. The maximum Gasteiger partial charge on any atom is 0.171 e. The number of H-pyrrole nitrogens is 1. The fourth-order valence-corrected chi connectivity index (χ4v) is 4.29. The van der Waals surface area contributed by atoms with E-state index in [1.807, 2.05) is 0 Å². The number of nitrogens with one attached hydrogen (secondary N) is 1. The summed E-state index contributed by atoms with van der Waals surface area (Å²) in [6.07, 6.45) is 5.11. The van der Waals surface area contributed by atoms with Gasteiger partial charge in [0.1, 0.15) is 11.2 Å². The van der Waals surface area contributed by atoms with Gasteiger partial charge < -0.3 is 4.98 Å². The van der Waals surface area contributed by atoms with Gasteiger partial charge in [0.2, 0.25) is 0 Å². The molecule has 0 radical (unpaired) electrons. The Morgan fingerprint density at radius 1 is 1.27 bits per heavy atom. The van der Waals surface area contributed by atoms with Crippen LogP contribution in [0.25, 0.3) is 20.9 Å². The molecule has 4 nitrogen and oxygen atoms in total. The van der Waals surface area contributed by atoms with Crippen molar-refractivity contribution >= 4 is 21.6 Å². The van der Waals surface area contributed by atoms with Crippen LogP contribution in [0.1, 0.15) is 38.4 Å². The average Bonchev–Trinajstić information content (AvgIpc) is 3.11. The second-order valence-corrected chi connectivity index (χ2v) is 8.27. The fraction of sp³-hybridized carbons (Fsp3) is 0.471. The molecule has 22 heavy (non-hydrogen) atoms. The lowest BCUT2D eigenvalue weighted by Crippen LogP contribution is -2.27. The van der Waals surface area contributed by atoms with Crippen LogP contribution in [0.4, 0.5) is 0 Å². The number of hydrogen-bond acceptors (Lipinski definition) is 4. The highest BCUT2D eigenvalue weighted by atomic mass is 32.1. The van der Waals surface area contributed by atoms with E-state index in [1.54, 1.807) is 17.7 Å². The summed E-state index contributed by atoms with van der Waals surface area (Å²) in [6, 6.07) is 4.51. The standard InChI is InChI=1S/C17H20N4S/c1-17(2,3)12-4-5-13-10(7-12)6-11-8-14(22-16(11)20-13)15-18-9-19-21-15/h6,8-9,12H,4-5,7H2,1-3H3,(H,18,19,21). The molecule has 3 heterocycles. The molecule has 1 N–H and O–H groups in total. The van der Waals surface area contributed by atoms with E-state index in [-0.39, 0.29) is 0 Å². The van der Waals surface area contributed by atoms with Crippen LogP contribution in [-0.2, 0) is 12.8 Å². The summed E-state index contributed by atoms with van der Waals surface area (Å²) >= 11 is 1.69. The second kappa shape index (κ2) is 4.88. The first-order chi connectivity index (χ1) is 10.5. The minimum absolute atomic E-state index is 0.367. The monoisotopic (exact) mass is 312 g/mol. The van der Waals surface area contributed by atoms with Crippen molar-refractivity contribution in [3.63, 3.8) is 0 Å². The molecule has 4 rings (SSSR count). The van der Waals surface area contributed by atoms with Gasteiger partial charge in [-0.15, -0.1) is 21.5 Å². The highest BCUT2D eigenvalue weighted by Crippen LogP contribution is 2.39. The number of rotatable bonds is 1. The van der Waals surface area contributed by atoms with Crippen molar-refractivity contribution in [2.24, 2.45) is 11.3 Å². The molecule has 1 atom stereocenters. The second-order valence-electron chi connectivity index (χ2n) is 7.24. The van der Waals surface area contributed by atoms with Crippen LogP contribution in [-0.4, -0.2) is 20.2 Å². The van der Waals surface area contributed by atoms with E-state index in [4.69, 9.17) is 4.98 Å². The van der Waals surface area contributed by atoms with E-state index in [2.05, 4.69) is 48.1 Å². The van der Waals surface area contributed by atoms with Gasteiger partial charge in [0.05, 0.1) is 4.88 Å². The molecule has 0 spiro atoms. The van der Waals surface area contributed by atoms with Crippen LogP contribution in [0.15, 0.2) is 18.5 Å². The number of aromatic nitrogens is 4. The third kappa shape index (κ3) is 2.33. The van der Waals surface area contributed by atoms with E-state index >= 15 is 0 Å². The fourth-order valence-electron chi connectivity index (χ4n) is 3.31. The maximum absolute atomic E-state index is 4.92. The van der Waals surface area contributed by atoms with Crippen LogP contribution in [0.3, 0.4) is 0 Å². The number of aromatic amines is 1.